The van der Waals surface area contributed by atoms with E-state index in [9.17, 15) is 0 Å². The summed E-state index contributed by atoms with van der Waals surface area (Å²) in [6, 6.07) is 0. The fraction of sp³-hybridized carbons (Fsp3) is 0.444. The fourth-order valence-electron chi connectivity index (χ4n) is 1.24. The second kappa shape index (κ2) is 2.59. The molecular formula is C9H12N2S. The summed E-state index contributed by atoms with van der Waals surface area (Å²) in [7, 11) is 0. The van der Waals surface area contributed by atoms with Gasteiger partial charge in [-0.25, -0.2) is 4.98 Å². The molecule has 0 aliphatic carbocycles. The van der Waals surface area contributed by atoms with Crippen molar-refractivity contribution in [3.05, 3.63) is 22.2 Å². The van der Waals surface area contributed by atoms with Crippen LogP contribution in [-0.2, 0) is 6.54 Å². The van der Waals surface area contributed by atoms with Gasteiger partial charge in [0.05, 0.1) is 22.1 Å². The average Bonchev–Trinajstić information content (AvgIpc) is 2.53. The molecule has 0 saturated carbocycles. The van der Waals surface area contributed by atoms with Crippen molar-refractivity contribution >= 4 is 17.0 Å². The number of nitrogens with one attached hydrogen (secondary N) is 1. The van der Waals surface area contributed by atoms with Crippen LogP contribution in [0, 0.1) is 0 Å². The Morgan fingerprint density at radius 1 is 1.58 bits per heavy atom. The normalized spacial score (nSPS) is 15.1. The van der Waals surface area contributed by atoms with Crippen molar-refractivity contribution in [2.24, 2.45) is 0 Å². The van der Waals surface area contributed by atoms with Crippen molar-refractivity contribution < 1.29 is 0 Å². The molecule has 1 N–H and O–H groups in total. The molecule has 0 saturated heterocycles. The number of hydrogen-bond donors (Lipinski definition) is 1. The molecule has 3 heteroatoms. The summed E-state index contributed by atoms with van der Waals surface area (Å²) in [5, 5.41) is 4.41. The summed E-state index contributed by atoms with van der Waals surface area (Å²) in [5.74, 6) is 0.536. The zero-order valence-electron chi connectivity index (χ0n) is 7.35. The SMILES string of the molecule is C=C1NCc2nc(C(C)C)sc21. The quantitative estimate of drug-likeness (QED) is 0.717. The van der Waals surface area contributed by atoms with Gasteiger partial charge in [0.15, 0.2) is 0 Å². The first kappa shape index (κ1) is 7.80. The predicted molar refractivity (Wildman–Crippen MR) is 52.1 cm³/mol. The maximum atomic E-state index is 4.54. The Labute approximate surface area is 76.3 Å². The number of rotatable bonds is 1. The van der Waals surface area contributed by atoms with Crippen LogP contribution in [0.25, 0.3) is 5.70 Å². The summed E-state index contributed by atoms with van der Waals surface area (Å²) in [6.45, 7) is 9.13. The van der Waals surface area contributed by atoms with Crippen molar-refractivity contribution in [3.8, 4) is 0 Å². The van der Waals surface area contributed by atoms with Gasteiger partial charge >= 0.3 is 0 Å². The second-order valence-electron chi connectivity index (χ2n) is 3.31. The van der Waals surface area contributed by atoms with E-state index in [1.54, 1.807) is 11.3 Å². The van der Waals surface area contributed by atoms with Crippen LogP contribution in [0.4, 0.5) is 0 Å². The third-order valence-electron chi connectivity index (χ3n) is 1.95. The van der Waals surface area contributed by atoms with Gasteiger partial charge in [-0.15, -0.1) is 11.3 Å². The molecule has 0 bridgehead atoms. The molecule has 1 aromatic heterocycles. The van der Waals surface area contributed by atoms with E-state index in [0.29, 0.717) is 5.92 Å². The van der Waals surface area contributed by atoms with Crippen molar-refractivity contribution in [1.29, 1.82) is 0 Å². The van der Waals surface area contributed by atoms with Gasteiger partial charge < -0.3 is 5.32 Å². The Kier molecular flexibility index (Phi) is 1.68. The van der Waals surface area contributed by atoms with Crippen LogP contribution in [0.2, 0.25) is 0 Å². The zero-order valence-corrected chi connectivity index (χ0v) is 8.16. The fourth-order valence-corrected chi connectivity index (χ4v) is 2.27. The Balaban J connectivity index is 2.43. The van der Waals surface area contributed by atoms with E-state index in [4.69, 9.17) is 0 Å². The topological polar surface area (TPSA) is 24.9 Å². The minimum atomic E-state index is 0.536. The lowest BCUT2D eigenvalue weighted by atomic mass is 10.2. The monoisotopic (exact) mass is 180 g/mol. The molecule has 0 radical (unpaired) electrons. The molecule has 0 amide bonds. The number of fused-ring (bicyclic) bond motifs is 1. The number of nitrogens with zero attached hydrogens (tertiary/aromatic N) is 1. The highest BCUT2D eigenvalue weighted by atomic mass is 32.1. The van der Waals surface area contributed by atoms with Gasteiger partial charge in [0.1, 0.15) is 0 Å². The first-order chi connectivity index (χ1) is 5.68. The highest BCUT2D eigenvalue weighted by Gasteiger charge is 2.20. The molecule has 1 aliphatic rings. The molecule has 2 heterocycles. The summed E-state index contributed by atoms with van der Waals surface area (Å²) in [6.07, 6.45) is 0. The molecule has 64 valence electrons. The van der Waals surface area contributed by atoms with Gasteiger partial charge in [0.2, 0.25) is 0 Å². The third-order valence-corrected chi connectivity index (χ3v) is 3.41. The molecule has 12 heavy (non-hydrogen) atoms. The molecule has 2 nitrogen and oxygen atoms in total. The summed E-state index contributed by atoms with van der Waals surface area (Å²) in [4.78, 5) is 5.78. The molecule has 0 aromatic carbocycles. The highest BCUT2D eigenvalue weighted by Crippen LogP contribution is 2.32. The molecular weight excluding hydrogens is 168 g/mol. The highest BCUT2D eigenvalue weighted by molar-refractivity contribution is 7.13. The number of hydrogen-bond acceptors (Lipinski definition) is 3. The van der Waals surface area contributed by atoms with Crippen LogP contribution in [0.3, 0.4) is 0 Å². The van der Waals surface area contributed by atoms with Gasteiger partial charge in [-0.1, -0.05) is 20.4 Å². The molecule has 0 spiro atoms. The number of thiazole rings is 1. The lowest BCUT2D eigenvalue weighted by molar-refractivity contribution is 0.827. The van der Waals surface area contributed by atoms with Crippen LogP contribution >= 0.6 is 11.3 Å². The minimum Gasteiger partial charge on any atom is -0.379 e. The van der Waals surface area contributed by atoms with Crippen LogP contribution in [0.5, 0.6) is 0 Å². The molecule has 0 fully saturated rings. The van der Waals surface area contributed by atoms with Crippen molar-refractivity contribution in [3.63, 3.8) is 0 Å². The Morgan fingerprint density at radius 2 is 2.33 bits per heavy atom. The predicted octanol–water partition coefficient (Wildman–Crippen LogP) is 2.34. The smallest absolute Gasteiger partial charge is 0.0961 e. The van der Waals surface area contributed by atoms with Crippen molar-refractivity contribution in [2.45, 2.75) is 26.3 Å². The van der Waals surface area contributed by atoms with E-state index in [1.807, 2.05) is 0 Å². The molecule has 0 unspecified atom stereocenters. The maximum Gasteiger partial charge on any atom is 0.0961 e. The van der Waals surface area contributed by atoms with E-state index in [2.05, 4.69) is 30.7 Å². The van der Waals surface area contributed by atoms with E-state index in [1.165, 1.54) is 15.6 Å². The standard InChI is InChI=1S/C9H12N2S/c1-5(2)9-11-7-4-10-6(3)8(7)12-9/h5,10H,3-4H2,1-2H3. The Hall–Kier alpha value is -0.830. The third kappa shape index (κ3) is 1.05. The van der Waals surface area contributed by atoms with E-state index < -0.39 is 0 Å². The zero-order chi connectivity index (χ0) is 8.72. The largest absolute Gasteiger partial charge is 0.379 e. The first-order valence-electron chi connectivity index (χ1n) is 4.11. The van der Waals surface area contributed by atoms with Crippen LogP contribution < -0.4 is 5.32 Å². The van der Waals surface area contributed by atoms with E-state index in [0.717, 1.165) is 12.2 Å². The minimum absolute atomic E-state index is 0.536. The second-order valence-corrected chi connectivity index (χ2v) is 4.35. The summed E-state index contributed by atoms with van der Waals surface area (Å²) < 4.78 is 0. The molecule has 1 aromatic rings. The van der Waals surface area contributed by atoms with Crippen LogP contribution in [0.15, 0.2) is 6.58 Å². The van der Waals surface area contributed by atoms with Crippen LogP contribution in [-0.4, -0.2) is 4.98 Å². The Morgan fingerprint density at radius 3 is 2.92 bits per heavy atom. The van der Waals surface area contributed by atoms with Gasteiger partial charge in [0, 0.05) is 11.6 Å². The van der Waals surface area contributed by atoms with Gasteiger partial charge in [-0.3, -0.25) is 0 Å². The van der Waals surface area contributed by atoms with Gasteiger partial charge in [-0.2, -0.15) is 0 Å². The van der Waals surface area contributed by atoms with Crippen molar-refractivity contribution in [2.75, 3.05) is 0 Å². The van der Waals surface area contributed by atoms with Gasteiger partial charge in [-0.05, 0) is 0 Å². The summed E-state index contributed by atoms with van der Waals surface area (Å²) >= 11 is 1.77. The lowest BCUT2D eigenvalue weighted by Gasteiger charge is -1.98. The maximum absolute atomic E-state index is 4.54. The Bertz CT molecular complexity index is 325. The van der Waals surface area contributed by atoms with Gasteiger partial charge in [0.25, 0.3) is 0 Å². The van der Waals surface area contributed by atoms with E-state index in [-0.39, 0.29) is 0 Å². The summed E-state index contributed by atoms with van der Waals surface area (Å²) in [5.41, 5.74) is 2.21. The average molecular weight is 180 g/mol. The molecule has 1 aliphatic heterocycles. The van der Waals surface area contributed by atoms with Crippen LogP contribution in [0.1, 0.15) is 35.3 Å². The van der Waals surface area contributed by atoms with Crippen molar-refractivity contribution in [1.82, 2.24) is 10.3 Å². The number of aromatic nitrogens is 1. The first-order valence-corrected chi connectivity index (χ1v) is 4.93. The van der Waals surface area contributed by atoms with E-state index >= 15 is 0 Å². The molecule has 0 atom stereocenters. The lowest BCUT2D eigenvalue weighted by Crippen LogP contribution is -2.00. The molecule has 2 rings (SSSR count).